The van der Waals surface area contributed by atoms with E-state index >= 15 is 0 Å². The molecular formula is C12H25NO2. The molecule has 0 spiro atoms. The number of nitrogens with zero attached hydrogens (tertiary/aromatic N) is 1. The number of aliphatic hydroxyl groups excluding tert-OH is 1. The van der Waals surface area contributed by atoms with Gasteiger partial charge >= 0.3 is 0 Å². The van der Waals surface area contributed by atoms with Gasteiger partial charge in [0.25, 0.3) is 0 Å². The van der Waals surface area contributed by atoms with Crippen LogP contribution in [0.4, 0.5) is 0 Å². The number of hydrogen-bond donors (Lipinski definition) is 1. The second kappa shape index (κ2) is 6.83. The lowest BCUT2D eigenvalue weighted by Gasteiger charge is -2.28. The molecule has 0 aromatic heterocycles. The molecular weight excluding hydrogens is 190 g/mol. The normalized spacial score (nSPS) is 13.3. The molecule has 0 saturated heterocycles. The fourth-order valence-electron chi connectivity index (χ4n) is 1.44. The quantitative estimate of drug-likeness (QED) is 0.736. The van der Waals surface area contributed by atoms with Gasteiger partial charge in [-0.15, -0.1) is 0 Å². The van der Waals surface area contributed by atoms with E-state index in [2.05, 4.69) is 13.8 Å². The molecule has 0 aliphatic carbocycles. The largest absolute Gasteiger partial charge is 0.392 e. The Morgan fingerprint density at radius 1 is 1.20 bits per heavy atom. The van der Waals surface area contributed by atoms with Crippen LogP contribution in [0.2, 0.25) is 0 Å². The summed E-state index contributed by atoms with van der Waals surface area (Å²) in [5.41, 5.74) is 0. The first kappa shape index (κ1) is 14.4. The lowest BCUT2D eigenvalue weighted by molar-refractivity contribution is -0.134. The van der Waals surface area contributed by atoms with E-state index in [-0.39, 0.29) is 11.9 Å². The van der Waals surface area contributed by atoms with Gasteiger partial charge in [0, 0.05) is 19.0 Å². The molecule has 1 atom stereocenters. The average molecular weight is 215 g/mol. The van der Waals surface area contributed by atoms with Gasteiger partial charge in [0.2, 0.25) is 5.91 Å². The third-order valence-electron chi connectivity index (χ3n) is 2.34. The minimum atomic E-state index is -0.449. The van der Waals surface area contributed by atoms with Gasteiger partial charge in [-0.1, -0.05) is 13.8 Å². The van der Waals surface area contributed by atoms with Gasteiger partial charge < -0.3 is 10.0 Å². The first-order valence-corrected chi connectivity index (χ1v) is 5.82. The van der Waals surface area contributed by atoms with Crippen molar-refractivity contribution in [2.45, 2.75) is 59.6 Å². The van der Waals surface area contributed by atoms with Gasteiger partial charge in [0.1, 0.15) is 0 Å². The molecule has 1 N–H and O–H groups in total. The number of aliphatic hydroxyl groups is 1. The third-order valence-corrected chi connectivity index (χ3v) is 2.34. The summed E-state index contributed by atoms with van der Waals surface area (Å²) < 4.78 is 0. The predicted octanol–water partition coefficient (Wildman–Crippen LogP) is 2.04. The number of amides is 1. The van der Waals surface area contributed by atoms with E-state index in [1.807, 2.05) is 13.8 Å². The lowest BCUT2D eigenvalue weighted by atomic mass is 10.1. The van der Waals surface area contributed by atoms with Gasteiger partial charge in [-0.2, -0.15) is 0 Å². The Kier molecular flexibility index (Phi) is 6.57. The standard InChI is InChI=1S/C12H25NO2/c1-9(2)6-7-12(15)13(10(3)4)8-11(5)14/h9-11,14H,6-8H2,1-5H3. The van der Waals surface area contributed by atoms with Crippen molar-refractivity contribution in [3.8, 4) is 0 Å². The van der Waals surface area contributed by atoms with Gasteiger partial charge in [-0.25, -0.2) is 0 Å². The molecule has 0 bridgehead atoms. The Morgan fingerprint density at radius 3 is 2.07 bits per heavy atom. The van der Waals surface area contributed by atoms with Crippen molar-refractivity contribution in [1.29, 1.82) is 0 Å². The highest BCUT2D eigenvalue weighted by molar-refractivity contribution is 5.76. The van der Waals surface area contributed by atoms with E-state index in [1.54, 1.807) is 11.8 Å². The van der Waals surface area contributed by atoms with Crippen molar-refractivity contribution in [1.82, 2.24) is 4.90 Å². The predicted molar refractivity (Wildman–Crippen MR) is 62.6 cm³/mol. The molecule has 0 aromatic rings. The molecule has 0 saturated carbocycles. The van der Waals surface area contributed by atoms with Crippen molar-refractivity contribution < 1.29 is 9.90 Å². The summed E-state index contributed by atoms with van der Waals surface area (Å²) in [7, 11) is 0. The Morgan fingerprint density at radius 2 is 1.73 bits per heavy atom. The average Bonchev–Trinajstić information content (AvgIpc) is 2.09. The van der Waals surface area contributed by atoms with Crippen molar-refractivity contribution in [3.63, 3.8) is 0 Å². The van der Waals surface area contributed by atoms with Crippen LogP contribution in [0.1, 0.15) is 47.5 Å². The first-order valence-electron chi connectivity index (χ1n) is 5.82. The Balaban J connectivity index is 4.17. The van der Waals surface area contributed by atoms with Crippen LogP contribution in [-0.2, 0) is 4.79 Å². The summed E-state index contributed by atoms with van der Waals surface area (Å²) in [5.74, 6) is 0.703. The van der Waals surface area contributed by atoms with Crippen molar-refractivity contribution in [3.05, 3.63) is 0 Å². The van der Waals surface area contributed by atoms with Crippen LogP contribution in [0.25, 0.3) is 0 Å². The topological polar surface area (TPSA) is 40.5 Å². The summed E-state index contributed by atoms with van der Waals surface area (Å²) in [6, 6.07) is 0.166. The monoisotopic (exact) mass is 215 g/mol. The molecule has 0 aliphatic rings. The van der Waals surface area contributed by atoms with Crippen LogP contribution < -0.4 is 0 Å². The molecule has 0 fully saturated rings. The lowest BCUT2D eigenvalue weighted by Crippen LogP contribution is -2.41. The molecule has 15 heavy (non-hydrogen) atoms. The minimum Gasteiger partial charge on any atom is -0.392 e. The number of carbonyl (C=O) groups is 1. The number of rotatable bonds is 6. The Bertz CT molecular complexity index is 188. The van der Waals surface area contributed by atoms with Crippen molar-refractivity contribution in [2.24, 2.45) is 5.92 Å². The zero-order valence-electron chi connectivity index (χ0n) is 10.7. The molecule has 1 amide bonds. The molecule has 1 unspecified atom stereocenters. The van der Waals surface area contributed by atoms with E-state index < -0.39 is 6.10 Å². The Labute approximate surface area is 93.5 Å². The van der Waals surface area contributed by atoms with Gasteiger partial charge in [-0.3, -0.25) is 4.79 Å². The molecule has 0 aliphatic heterocycles. The molecule has 3 heteroatoms. The molecule has 90 valence electrons. The molecule has 0 heterocycles. The van der Waals surface area contributed by atoms with E-state index in [4.69, 9.17) is 0 Å². The highest BCUT2D eigenvalue weighted by atomic mass is 16.3. The molecule has 3 nitrogen and oxygen atoms in total. The third kappa shape index (κ3) is 6.50. The maximum Gasteiger partial charge on any atom is 0.222 e. The smallest absolute Gasteiger partial charge is 0.222 e. The molecule has 0 aromatic carbocycles. The highest BCUT2D eigenvalue weighted by Gasteiger charge is 2.18. The summed E-state index contributed by atoms with van der Waals surface area (Å²) in [6.45, 7) is 10.3. The first-order chi connectivity index (χ1) is 6.84. The maximum absolute atomic E-state index is 11.8. The SMILES string of the molecule is CC(C)CCC(=O)N(CC(C)O)C(C)C. The van der Waals surface area contributed by atoms with Crippen LogP contribution in [0.5, 0.6) is 0 Å². The summed E-state index contributed by atoms with van der Waals surface area (Å²) in [4.78, 5) is 13.6. The van der Waals surface area contributed by atoms with E-state index in [0.717, 1.165) is 6.42 Å². The van der Waals surface area contributed by atoms with Gasteiger partial charge in [0.05, 0.1) is 6.10 Å². The molecule has 0 rings (SSSR count). The fourth-order valence-corrected chi connectivity index (χ4v) is 1.44. The zero-order chi connectivity index (χ0) is 12.0. The van der Waals surface area contributed by atoms with Crippen molar-refractivity contribution in [2.75, 3.05) is 6.54 Å². The number of hydrogen-bond acceptors (Lipinski definition) is 2. The Hall–Kier alpha value is -0.570. The van der Waals surface area contributed by atoms with Crippen LogP contribution in [0, 0.1) is 5.92 Å². The highest BCUT2D eigenvalue weighted by Crippen LogP contribution is 2.09. The molecule has 0 radical (unpaired) electrons. The van der Waals surface area contributed by atoms with Crippen LogP contribution in [0.3, 0.4) is 0 Å². The van der Waals surface area contributed by atoms with Crippen LogP contribution in [0.15, 0.2) is 0 Å². The van der Waals surface area contributed by atoms with E-state index in [9.17, 15) is 9.90 Å². The van der Waals surface area contributed by atoms with E-state index in [1.165, 1.54) is 0 Å². The second-order valence-corrected chi connectivity index (χ2v) is 4.92. The van der Waals surface area contributed by atoms with Gasteiger partial charge in [0.15, 0.2) is 0 Å². The zero-order valence-corrected chi connectivity index (χ0v) is 10.7. The maximum atomic E-state index is 11.8. The summed E-state index contributed by atoms with van der Waals surface area (Å²) in [5, 5.41) is 9.30. The number of carbonyl (C=O) groups excluding carboxylic acids is 1. The summed E-state index contributed by atoms with van der Waals surface area (Å²) in [6.07, 6.45) is 1.06. The van der Waals surface area contributed by atoms with Gasteiger partial charge in [-0.05, 0) is 33.1 Å². The second-order valence-electron chi connectivity index (χ2n) is 4.92. The fraction of sp³-hybridized carbons (Fsp3) is 0.917. The van der Waals surface area contributed by atoms with Crippen LogP contribution in [-0.4, -0.2) is 34.6 Å². The van der Waals surface area contributed by atoms with Crippen LogP contribution >= 0.6 is 0 Å². The summed E-state index contributed by atoms with van der Waals surface area (Å²) >= 11 is 0. The minimum absolute atomic E-state index is 0.152. The van der Waals surface area contributed by atoms with Crippen molar-refractivity contribution >= 4 is 5.91 Å². The van der Waals surface area contributed by atoms with E-state index in [0.29, 0.717) is 18.9 Å².